The topological polar surface area (TPSA) is 59.3 Å². The number of furan rings is 1. The summed E-state index contributed by atoms with van der Waals surface area (Å²) < 4.78 is 6.72. The van der Waals surface area contributed by atoms with E-state index in [9.17, 15) is 9.59 Å². The number of hydrogen-bond donors (Lipinski definition) is 1. The molecule has 28 heavy (non-hydrogen) atoms. The Morgan fingerprint density at radius 3 is 2.32 bits per heavy atom. The molecule has 0 saturated heterocycles. The fraction of sp³-hybridized carbons (Fsp3) is 0.0435. The molecule has 0 unspecified atom stereocenters. The predicted octanol–water partition coefficient (Wildman–Crippen LogP) is 5.99. The third-order valence-electron chi connectivity index (χ3n) is 4.54. The summed E-state index contributed by atoms with van der Waals surface area (Å²) in [5.74, 6) is -0.0408. The monoisotopic (exact) mass is 433 g/mol. The van der Waals surface area contributed by atoms with Gasteiger partial charge in [-0.25, -0.2) is 0 Å². The number of anilines is 1. The minimum Gasteiger partial charge on any atom is -0.452 e. The summed E-state index contributed by atoms with van der Waals surface area (Å²) in [4.78, 5) is 25.2. The molecule has 4 nitrogen and oxygen atoms in total. The summed E-state index contributed by atoms with van der Waals surface area (Å²) in [7, 11) is 0. The predicted molar refractivity (Wildman–Crippen MR) is 113 cm³/mol. The van der Waals surface area contributed by atoms with Crippen molar-refractivity contribution in [3.05, 3.63) is 99.7 Å². The van der Waals surface area contributed by atoms with E-state index in [-0.39, 0.29) is 11.7 Å². The van der Waals surface area contributed by atoms with Gasteiger partial charge in [0.2, 0.25) is 5.78 Å². The zero-order valence-corrected chi connectivity index (χ0v) is 16.6. The molecule has 4 rings (SSSR count). The second kappa shape index (κ2) is 7.44. The highest BCUT2D eigenvalue weighted by atomic mass is 79.9. The number of nitrogens with one attached hydrogen (secondary N) is 1. The number of rotatable bonds is 4. The van der Waals surface area contributed by atoms with Crippen LogP contribution in [0.1, 0.15) is 32.0 Å². The van der Waals surface area contributed by atoms with Crippen LogP contribution >= 0.6 is 15.9 Å². The van der Waals surface area contributed by atoms with Crippen molar-refractivity contribution in [3.8, 4) is 0 Å². The quantitative estimate of drug-likeness (QED) is 0.402. The van der Waals surface area contributed by atoms with Gasteiger partial charge >= 0.3 is 0 Å². The largest absolute Gasteiger partial charge is 0.452 e. The second-order valence-corrected chi connectivity index (χ2v) is 7.34. The van der Waals surface area contributed by atoms with Gasteiger partial charge in [0, 0.05) is 32.2 Å². The van der Waals surface area contributed by atoms with Crippen LogP contribution in [0.4, 0.5) is 5.69 Å². The molecule has 0 saturated carbocycles. The normalized spacial score (nSPS) is 10.8. The highest BCUT2D eigenvalue weighted by Gasteiger charge is 2.19. The molecule has 1 aromatic heterocycles. The van der Waals surface area contributed by atoms with E-state index in [4.69, 9.17) is 4.42 Å². The number of halogens is 1. The number of benzene rings is 3. The first-order valence-electron chi connectivity index (χ1n) is 8.73. The van der Waals surface area contributed by atoms with Gasteiger partial charge in [-0.15, -0.1) is 0 Å². The zero-order valence-electron chi connectivity index (χ0n) is 15.0. The lowest BCUT2D eigenvalue weighted by Gasteiger charge is -2.05. The van der Waals surface area contributed by atoms with Crippen molar-refractivity contribution < 1.29 is 14.0 Å². The minimum absolute atomic E-state index is 0.158. The number of carbonyl (C=O) groups excluding carboxylic acids is 2. The third-order valence-corrected chi connectivity index (χ3v) is 5.07. The van der Waals surface area contributed by atoms with Crippen LogP contribution in [-0.2, 0) is 0 Å². The first-order valence-corrected chi connectivity index (χ1v) is 9.52. The van der Waals surface area contributed by atoms with E-state index in [1.54, 1.807) is 36.4 Å². The van der Waals surface area contributed by atoms with Crippen molar-refractivity contribution >= 4 is 44.3 Å². The standard InChI is InChI=1S/C23H16BrNO3/c1-14-19-13-18(25-23(27)16-7-9-17(24)10-8-16)11-12-20(19)28-22(14)21(26)15-5-3-2-4-6-15/h2-13H,1H3,(H,25,27). The van der Waals surface area contributed by atoms with E-state index in [1.807, 2.05) is 43.3 Å². The van der Waals surface area contributed by atoms with E-state index < -0.39 is 0 Å². The van der Waals surface area contributed by atoms with E-state index in [0.29, 0.717) is 28.2 Å². The zero-order chi connectivity index (χ0) is 19.7. The summed E-state index contributed by atoms with van der Waals surface area (Å²) in [6, 6.07) is 21.5. The molecule has 0 aliphatic rings. The minimum atomic E-state index is -0.200. The van der Waals surface area contributed by atoms with Crippen molar-refractivity contribution in [1.82, 2.24) is 0 Å². The highest BCUT2D eigenvalue weighted by Crippen LogP contribution is 2.29. The summed E-state index contributed by atoms with van der Waals surface area (Å²) >= 11 is 3.36. The van der Waals surface area contributed by atoms with Crippen LogP contribution in [-0.4, -0.2) is 11.7 Å². The Balaban J connectivity index is 1.64. The fourth-order valence-corrected chi connectivity index (χ4v) is 3.30. The van der Waals surface area contributed by atoms with E-state index in [1.165, 1.54) is 0 Å². The average Bonchev–Trinajstić information content (AvgIpc) is 3.05. The summed E-state index contributed by atoms with van der Waals surface area (Å²) in [5.41, 5.74) is 3.14. The number of aryl methyl sites for hydroxylation is 1. The maximum atomic E-state index is 12.7. The van der Waals surface area contributed by atoms with Crippen molar-refractivity contribution in [2.45, 2.75) is 6.92 Å². The smallest absolute Gasteiger partial charge is 0.255 e. The van der Waals surface area contributed by atoms with Crippen molar-refractivity contribution in [2.75, 3.05) is 5.32 Å². The molecule has 1 amide bonds. The van der Waals surface area contributed by atoms with Gasteiger partial charge < -0.3 is 9.73 Å². The lowest BCUT2D eigenvalue weighted by Crippen LogP contribution is -2.11. The molecule has 0 aliphatic heterocycles. The number of fused-ring (bicyclic) bond motifs is 1. The molecule has 5 heteroatoms. The van der Waals surface area contributed by atoms with Crippen molar-refractivity contribution in [2.24, 2.45) is 0 Å². The maximum Gasteiger partial charge on any atom is 0.255 e. The van der Waals surface area contributed by atoms with Crippen LogP contribution in [0.3, 0.4) is 0 Å². The van der Waals surface area contributed by atoms with Gasteiger partial charge in [-0.3, -0.25) is 9.59 Å². The van der Waals surface area contributed by atoms with Crippen LogP contribution < -0.4 is 5.32 Å². The lowest BCUT2D eigenvalue weighted by molar-refractivity contribution is 0.101. The molecule has 0 fully saturated rings. The van der Waals surface area contributed by atoms with E-state index in [2.05, 4.69) is 21.2 Å². The molecule has 0 spiro atoms. The first kappa shape index (κ1) is 18.2. The van der Waals surface area contributed by atoms with Gasteiger partial charge in [-0.2, -0.15) is 0 Å². The SMILES string of the molecule is Cc1c(C(=O)c2ccccc2)oc2ccc(NC(=O)c3ccc(Br)cc3)cc12. The van der Waals surface area contributed by atoms with Gasteiger partial charge in [-0.1, -0.05) is 46.3 Å². The van der Waals surface area contributed by atoms with Gasteiger partial charge in [0.15, 0.2) is 5.76 Å². The molecular formula is C23H16BrNO3. The molecule has 0 radical (unpaired) electrons. The molecule has 1 N–H and O–H groups in total. The van der Waals surface area contributed by atoms with Crippen molar-refractivity contribution in [3.63, 3.8) is 0 Å². The van der Waals surface area contributed by atoms with Crippen LogP contribution in [0.5, 0.6) is 0 Å². The maximum absolute atomic E-state index is 12.7. The Labute approximate surface area is 170 Å². The Morgan fingerprint density at radius 2 is 1.61 bits per heavy atom. The second-order valence-electron chi connectivity index (χ2n) is 6.42. The molecule has 138 valence electrons. The molecule has 3 aromatic carbocycles. The molecular weight excluding hydrogens is 418 g/mol. The van der Waals surface area contributed by atoms with Crippen molar-refractivity contribution in [1.29, 1.82) is 0 Å². The van der Waals surface area contributed by atoms with Gasteiger partial charge in [0.25, 0.3) is 5.91 Å². The van der Waals surface area contributed by atoms with Gasteiger partial charge in [0.1, 0.15) is 5.58 Å². The van der Waals surface area contributed by atoms with Crippen LogP contribution in [0, 0.1) is 6.92 Å². The average molecular weight is 434 g/mol. The Bertz CT molecular complexity index is 1180. The van der Waals surface area contributed by atoms with Gasteiger partial charge in [-0.05, 0) is 49.4 Å². The lowest BCUT2D eigenvalue weighted by atomic mass is 10.0. The highest BCUT2D eigenvalue weighted by molar-refractivity contribution is 9.10. The molecule has 0 atom stereocenters. The van der Waals surface area contributed by atoms with Crippen LogP contribution in [0.2, 0.25) is 0 Å². The number of carbonyl (C=O) groups is 2. The number of ketones is 1. The molecule has 4 aromatic rings. The van der Waals surface area contributed by atoms with Gasteiger partial charge in [0.05, 0.1) is 0 Å². The Morgan fingerprint density at radius 1 is 0.893 bits per heavy atom. The molecule has 1 heterocycles. The fourth-order valence-electron chi connectivity index (χ4n) is 3.04. The molecule has 0 bridgehead atoms. The third kappa shape index (κ3) is 3.49. The Kier molecular flexibility index (Phi) is 4.84. The first-order chi connectivity index (χ1) is 13.5. The van der Waals surface area contributed by atoms with Crippen LogP contribution in [0.25, 0.3) is 11.0 Å². The molecule has 0 aliphatic carbocycles. The Hall–Kier alpha value is -3.18. The summed E-state index contributed by atoms with van der Waals surface area (Å²) in [6.45, 7) is 1.85. The summed E-state index contributed by atoms with van der Waals surface area (Å²) in [5, 5.41) is 3.69. The number of hydrogen-bond acceptors (Lipinski definition) is 3. The van der Waals surface area contributed by atoms with E-state index >= 15 is 0 Å². The number of amides is 1. The van der Waals surface area contributed by atoms with E-state index in [0.717, 1.165) is 15.4 Å². The van der Waals surface area contributed by atoms with Crippen LogP contribution in [0.15, 0.2) is 81.7 Å². The summed E-state index contributed by atoms with van der Waals surface area (Å²) in [6.07, 6.45) is 0.